The number of phenolic OH excluding ortho intramolecular Hbond substituents is 1. The summed E-state index contributed by atoms with van der Waals surface area (Å²) in [5, 5.41) is 20.7. The smallest absolute Gasteiger partial charge is 0.303 e. The van der Waals surface area contributed by atoms with Gasteiger partial charge in [-0.15, -0.1) is 0 Å². The van der Waals surface area contributed by atoms with Crippen molar-refractivity contribution in [1.29, 1.82) is 0 Å². The fourth-order valence-electron chi connectivity index (χ4n) is 4.36. The average molecular weight is 397 g/mol. The van der Waals surface area contributed by atoms with Crippen molar-refractivity contribution in [2.24, 2.45) is 0 Å². The third-order valence-electron chi connectivity index (χ3n) is 5.79. The second-order valence-electron chi connectivity index (χ2n) is 8.50. The molecule has 0 bridgehead atoms. The number of rotatable bonds is 4. The highest BCUT2D eigenvalue weighted by molar-refractivity contribution is 5.94. The molecule has 2 N–H and O–H groups in total. The summed E-state index contributed by atoms with van der Waals surface area (Å²) in [4.78, 5) is 11.3. The molecule has 1 unspecified atom stereocenters. The van der Waals surface area contributed by atoms with Crippen LogP contribution in [0, 0.1) is 5.82 Å². The molecule has 0 fully saturated rings. The van der Waals surface area contributed by atoms with E-state index in [1.165, 1.54) is 12.1 Å². The Bertz CT molecular complexity index is 1100. The Morgan fingerprint density at radius 2 is 1.86 bits per heavy atom. The van der Waals surface area contributed by atoms with E-state index < -0.39 is 17.0 Å². The average Bonchev–Trinajstić information content (AvgIpc) is 3.03. The molecule has 152 valence electrons. The van der Waals surface area contributed by atoms with Crippen LogP contribution in [0.3, 0.4) is 0 Å². The molecule has 3 aromatic rings. The summed E-state index contributed by atoms with van der Waals surface area (Å²) in [5.74, 6) is -1.11. The van der Waals surface area contributed by atoms with Gasteiger partial charge >= 0.3 is 5.97 Å². The van der Waals surface area contributed by atoms with E-state index in [1.807, 2.05) is 17.6 Å². The highest BCUT2D eigenvalue weighted by Crippen LogP contribution is 2.51. The maximum absolute atomic E-state index is 13.6. The molecule has 0 radical (unpaired) electrons. The largest absolute Gasteiger partial charge is 0.507 e. The molecule has 1 aliphatic heterocycles. The Morgan fingerprint density at radius 1 is 1.17 bits per heavy atom. The summed E-state index contributed by atoms with van der Waals surface area (Å²) in [7, 11) is 0. The third-order valence-corrected chi connectivity index (χ3v) is 5.79. The molecule has 5 nitrogen and oxygen atoms in total. The molecule has 0 aliphatic carbocycles. The quantitative estimate of drug-likeness (QED) is 0.659. The van der Waals surface area contributed by atoms with Crippen LogP contribution >= 0.6 is 0 Å². The lowest BCUT2D eigenvalue weighted by Gasteiger charge is -2.42. The molecule has 2 heterocycles. The van der Waals surface area contributed by atoms with Crippen molar-refractivity contribution in [3.63, 3.8) is 0 Å². The van der Waals surface area contributed by atoms with E-state index in [1.54, 1.807) is 24.3 Å². The molecule has 1 aromatic heterocycles. The van der Waals surface area contributed by atoms with Gasteiger partial charge in [0.2, 0.25) is 0 Å². The van der Waals surface area contributed by atoms with Crippen LogP contribution in [0.25, 0.3) is 16.6 Å². The first-order valence-electron chi connectivity index (χ1n) is 9.63. The zero-order chi connectivity index (χ0) is 21.0. The number of ether oxygens (including phenoxy) is 1. The van der Waals surface area contributed by atoms with Gasteiger partial charge in [0.15, 0.2) is 0 Å². The van der Waals surface area contributed by atoms with Gasteiger partial charge < -0.3 is 19.5 Å². The summed E-state index contributed by atoms with van der Waals surface area (Å²) in [6.07, 6.45) is 0.232. The molecule has 0 spiro atoms. The van der Waals surface area contributed by atoms with Crippen LogP contribution in [0.5, 0.6) is 5.75 Å². The summed E-state index contributed by atoms with van der Waals surface area (Å²) >= 11 is 0. The fourth-order valence-corrected chi connectivity index (χ4v) is 4.36. The number of nitrogens with zero attached hydrogens (tertiary/aromatic N) is 1. The van der Waals surface area contributed by atoms with Crippen molar-refractivity contribution in [1.82, 2.24) is 4.57 Å². The number of carboxylic acids is 1. The number of benzene rings is 2. The van der Waals surface area contributed by atoms with Gasteiger partial charge in [-0.05, 0) is 49.7 Å². The predicted molar refractivity (Wildman–Crippen MR) is 108 cm³/mol. The van der Waals surface area contributed by atoms with Crippen molar-refractivity contribution >= 4 is 16.9 Å². The molecule has 2 aromatic carbocycles. The molecular weight excluding hydrogens is 373 g/mol. The Balaban J connectivity index is 2.09. The van der Waals surface area contributed by atoms with E-state index in [9.17, 15) is 19.4 Å². The topological polar surface area (TPSA) is 71.7 Å². The number of hydrogen-bond acceptors (Lipinski definition) is 3. The molecule has 4 rings (SSSR count). The maximum Gasteiger partial charge on any atom is 0.303 e. The number of phenols is 1. The van der Waals surface area contributed by atoms with Crippen molar-refractivity contribution in [2.75, 3.05) is 6.61 Å². The van der Waals surface area contributed by atoms with Crippen LogP contribution in [0.4, 0.5) is 4.39 Å². The Morgan fingerprint density at radius 3 is 2.52 bits per heavy atom. The number of fused-ring (bicyclic) bond motifs is 3. The van der Waals surface area contributed by atoms with Gasteiger partial charge in [-0.3, -0.25) is 4.79 Å². The van der Waals surface area contributed by atoms with Crippen molar-refractivity contribution < 1.29 is 24.1 Å². The maximum atomic E-state index is 13.6. The van der Waals surface area contributed by atoms with Crippen LogP contribution < -0.4 is 0 Å². The number of aliphatic carboxylic acids is 1. The third kappa shape index (κ3) is 3.08. The number of halogens is 1. The standard InChI is InChI=1S/C23H24FNO4/c1-22(2)13-29-23(3,12-11-18(27)28)20-19-16(5-4-6-17(19)26)25(21(20)22)15-9-7-14(24)8-10-15/h4-10,26H,11-13H2,1-3H3,(H,27,28). The summed E-state index contributed by atoms with van der Waals surface area (Å²) in [6.45, 7) is 6.39. The summed E-state index contributed by atoms with van der Waals surface area (Å²) < 4.78 is 21.8. The lowest BCUT2D eigenvalue weighted by Crippen LogP contribution is -2.42. The predicted octanol–water partition coefficient (Wildman–Crippen LogP) is 4.86. The minimum absolute atomic E-state index is 0.0484. The first kappa shape index (κ1) is 19.5. The lowest BCUT2D eigenvalue weighted by molar-refractivity contribution is -0.140. The molecule has 0 saturated heterocycles. The van der Waals surface area contributed by atoms with E-state index in [0.717, 1.165) is 22.5 Å². The molecule has 1 atom stereocenters. The van der Waals surface area contributed by atoms with E-state index in [-0.39, 0.29) is 24.4 Å². The molecule has 29 heavy (non-hydrogen) atoms. The monoisotopic (exact) mass is 397 g/mol. The van der Waals surface area contributed by atoms with Crippen LogP contribution in [0.2, 0.25) is 0 Å². The molecular formula is C23H24FNO4. The van der Waals surface area contributed by atoms with E-state index >= 15 is 0 Å². The first-order valence-corrected chi connectivity index (χ1v) is 9.63. The van der Waals surface area contributed by atoms with Gasteiger partial charge in [0.05, 0.1) is 17.7 Å². The summed E-state index contributed by atoms with van der Waals surface area (Å²) in [6, 6.07) is 11.5. The number of carbonyl (C=O) groups is 1. The van der Waals surface area contributed by atoms with E-state index in [2.05, 4.69) is 13.8 Å². The van der Waals surface area contributed by atoms with Crippen LogP contribution in [-0.2, 0) is 20.5 Å². The van der Waals surface area contributed by atoms with E-state index in [0.29, 0.717) is 12.0 Å². The van der Waals surface area contributed by atoms with Crippen molar-refractivity contribution in [3.05, 3.63) is 59.5 Å². The van der Waals surface area contributed by atoms with Gasteiger partial charge in [0.25, 0.3) is 0 Å². The van der Waals surface area contributed by atoms with Crippen molar-refractivity contribution in [3.8, 4) is 11.4 Å². The second kappa shape index (κ2) is 6.59. The molecule has 1 aliphatic rings. The normalized spacial score (nSPS) is 20.6. The van der Waals surface area contributed by atoms with Gasteiger partial charge in [0, 0.05) is 34.2 Å². The van der Waals surface area contributed by atoms with E-state index in [4.69, 9.17) is 4.74 Å². The second-order valence-corrected chi connectivity index (χ2v) is 8.50. The minimum Gasteiger partial charge on any atom is -0.507 e. The summed E-state index contributed by atoms with van der Waals surface area (Å²) in [5.41, 5.74) is 2.02. The van der Waals surface area contributed by atoms with Crippen LogP contribution in [0.1, 0.15) is 44.9 Å². The first-order chi connectivity index (χ1) is 13.6. The highest BCUT2D eigenvalue weighted by atomic mass is 19.1. The van der Waals surface area contributed by atoms with Gasteiger partial charge in [-0.2, -0.15) is 0 Å². The Labute approximate surface area is 168 Å². The van der Waals surface area contributed by atoms with Gasteiger partial charge in [0.1, 0.15) is 11.6 Å². The zero-order valence-electron chi connectivity index (χ0n) is 16.7. The van der Waals surface area contributed by atoms with Gasteiger partial charge in [-0.1, -0.05) is 19.9 Å². The SMILES string of the molecule is CC1(C)COC(C)(CCC(=O)O)c2c1n(-c1ccc(F)cc1)c1cccc(O)c21. The fraction of sp³-hybridized carbons (Fsp3) is 0.348. The number of hydrogen-bond donors (Lipinski definition) is 2. The molecule has 0 saturated carbocycles. The minimum atomic E-state index is -0.896. The Kier molecular flexibility index (Phi) is 4.42. The number of aromatic nitrogens is 1. The highest BCUT2D eigenvalue weighted by Gasteiger charge is 2.46. The number of aromatic hydroxyl groups is 1. The number of carboxylic acid groups (broad SMARTS) is 1. The zero-order valence-corrected chi connectivity index (χ0v) is 16.7. The van der Waals surface area contributed by atoms with Crippen LogP contribution in [0.15, 0.2) is 42.5 Å². The molecule has 0 amide bonds. The lowest BCUT2D eigenvalue weighted by atomic mass is 9.77. The van der Waals surface area contributed by atoms with Gasteiger partial charge in [-0.25, -0.2) is 4.39 Å². The Hall–Kier alpha value is -2.86. The van der Waals surface area contributed by atoms with Crippen LogP contribution in [-0.4, -0.2) is 27.4 Å². The van der Waals surface area contributed by atoms with Crippen molar-refractivity contribution in [2.45, 2.75) is 44.6 Å². The molecule has 6 heteroatoms.